The predicted octanol–water partition coefficient (Wildman–Crippen LogP) is -0.0340. The van der Waals surface area contributed by atoms with Crippen LogP contribution < -0.4 is 5.73 Å². The van der Waals surface area contributed by atoms with Gasteiger partial charge in [0, 0.05) is 46.5 Å². The van der Waals surface area contributed by atoms with E-state index in [2.05, 4.69) is 5.10 Å². The van der Waals surface area contributed by atoms with Crippen molar-refractivity contribution >= 4 is 33.4 Å². The number of halogens is 1. The Kier molecular flexibility index (Phi) is 5.26. The number of nitrogens with two attached hydrogens (primary N) is 1. The van der Waals surface area contributed by atoms with Crippen LogP contribution in [0.4, 0.5) is 0 Å². The van der Waals surface area contributed by atoms with Crippen LogP contribution in [0.3, 0.4) is 0 Å². The van der Waals surface area contributed by atoms with Crippen LogP contribution in [0.25, 0.3) is 0 Å². The Balaban J connectivity index is 1.75. The second-order valence-corrected chi connectivity index (χ2v) is 8.90. The standard InChI is InChI=1S/C16H21ClN6O4S/c1-10-13(14(17)21(3)19-10)16(25)22-4-6-23(7-5-22)28(26,27)11-8-12(15(18)24)20(2)9-11/h8-9H,4-7H2,1-3H3,(H2,18,24). The molecule has 1 aliphatic rings. The summed E-state index contributed by atoms with van der Waals surface area (Å²) in [6.07, 6.45) is 1.35. The summed E-state index contributed by atoms with van der Waals surface area (Å²) in [6.45, 7) is 2.40. The molecule has 1 saturated heterocycles. The molecule has 0 aliphatic carbocycles. The molecule has 2 N–H and O–H groups in total. The smallest absolute Gasteiger partial charge is 0.265 e. The molecule has 28 heavy (non-hydrogen) atoms. The summed E-state index contributed by atoms with van der Waals surface area (Å²) in [4.78, 5) is 25.7. The summed E-state index contributed by atoms with van der Waals surface area (Å²) in [5.41, 5.74) is 6.21. The fraction of sp³-hybridized carbons (Fsp3) is 0.438. The predicted molar refractivity (Wildman–Crippen MR) is 102 cm³/mol. The first-order valence-corrected chi connectivity index (χ1v) is 10.3. The SMILES string of the molecule is Cc1nn(C)c(Cl)c1C(=O)N1CCN(S(=O)(=O)c2cc(C(N)=O)n(C)c2)CC1. The quantitative estimate of drug-likeness (QED) is 0.732. The first kappa shape index (κ1) is 20.4. The molecule has 152 valence electrons. The van der Waals surface area contributed by atoms with Gasteiger partial charge < -0.3 is 15.2 Å². The number of aryl methyl sites for hydroxylation is 3. The average Bonchev–Trinajstić information content (AvgIpc) is 3.15. The molecule has 0 radical (unpaired) electrons. The van der Waals surface area contributed by atoms with E-state index in [1.165, 1.54) is 25.8 Å². The lowest BCUT2D eigenvalue weighted by atomic mass is 10.2. The number of aromatic nitrogens is 3. The van der Waals surface area contributed by atoms with E-state index in [1.54, 1.807) is 25.9 Å². The molecule has 1 aliphatic heterocycles. The number of sulfonamides is 1. The maximum atomic E-state index is 12.9. The molecule has 3 heterocycles. The number of primary amides is 1. The van der Waals surface area contributed by atoms with Gasteiger partial charge >= 0.3 is 0 Å². The van der Waals surface area contributed by atoms with Crippen LogP contribution in [0.2, 0.25) is 5.15 Å². The first-order chi connectivity index (χ1) is 13.0. The third-order valence-electron chi connectivity index (χ3n) is 4.76. The second kappa shape index (κ2) is 7.22. The number of hydrogen-bond acceptors (Lipinski definition) is 5. The van der Waals surface area contributed by atoms with Gasteiger partial charge in [-0.1, -0.05) is 11.6 Å². The molecule has 2 aromatic heterocycles. The minimum atomic E-state index is -3.80. The highest BCUT2D eigenvalue weighted by molar-refractivity contribution is 7.89. The van der Waals surface area contributed by atoms with Crippen LogP contribution in [-0.4, -0.2) is 70.0 Å². The maximum absolute atomic E-state index is 12.9. The Morgan fingerprint density at radius 2 is 1.79 bits per heavy atom. The molecule has 0 bridgehead atoms. The Morgan fingerprint density at radius 1 is 1.18 bits per heavy atom. The van der Waals surface area contributed by atoms with Gasteiger partial charge in [0.25, 0.3) is 11.8 Å². The largest absolute Gasteiger partial charge is 0.364 e. The van der Waals surface area contributed by atoms with Crippen molar-refractivity contribution in [2.75, 3.05) is 26.2 Å². The molecular formula is C16H21ClN6O4S. The summed E-state index contributed by atoms with van der Waals surface area (Å²) in [5, 5.41) is 4.39. The molecule has 2 aromatic rings. The second-order valence-electron chi connectivity index (χ2n) is 6.61. The number of nitrogens with zero attached hydrogens (tertiary/aromatic N) is 5. The highest BCUT2D eigenvalue weighted by atomic mass is 35.5. The summed E-state index contributed by atoms with van der Waals surface area (Å²) in [5.74, 6) is -0.980. The van der Waals surface area contributed by atoms with Crippen molar-refractivity contribution in [3.8, 4) is 0 Å². The molecule has 2 amide bonds. The zero-order valence-corrected chi connectivity index (χ0v) is 17.3. The van der Waals surface area contributed by atoms with Gasteiger partial charge in [0.2, 0.25) is 10.0 Å². The molecule has 12 heteroatoms. The van der Waals surface area contributed by atoms with Gasteiger partial charge in [-0.15, -0.1) is 0 Å². The first-order valence-electron chi connectivity index (χ1n) is 8.48. The van der Waals surface area contributed by atoms with E-state index >= 15 is 0 Å². The lowest BCUT2D eigenvalue weighted by Crippen LogP contribution is -2.50. The summed E-state index contributed by atoms with van der Waals surface area (Å²) in [7, 11) is -0.598. The summed E-state index contributed by atoms with van der Waals surface area (Å²) >= 11 is 6.16. The molecule has 0 spiro atoms. The van der Waals surface area contributed by atoms with Gasteiger partial charge in [0.1, 0.15) is 15.7 Å². The van der Waals surface area contributed by atoms with Gasteiger partial charge in [0.15, 0.2) is 0 Å². The van der Waals surface area contributed by atoms with Crippen molar-refractivity contribution in [1.29, 1.82) is 0 Å². The molecule has 0 unspecified atom stereocenters. The topological polar surface area (TPSA) is 124 Å². The minimum Gasteiger partial charge on any atom is -0.364 e. The van der Waals surface area contributed by atoms with E-state index in [0.29, 0.717) is 11.3 Å². The average molecular weight is 429 g/mol. The van der Waals surface area contributed by atoms with Crippen molar-refractivity contribution in [2.24, 2.45) is 19.8 Å². The Bertz CT molecular complexity index is 1050. The monoisotopic (exact) mass is 428 g/mol. The van der Waals surface area contributed by atoms with Crippen molar-refractivity contribution in [1.82, 2.24) is 23.6 Å². The van der Waals surface area contributed by atoms with E-state index in [1.807, 2.05) is 0 Å². The van der Waals surface area contributed by atoms with Crippen LogP contribution in [0, 0.1) is 6.92 Å². The third kappa shape index (κ3) is 3.40. The molecule has 0 atom stereocenters. The van der Waals surface area contributed by atoms with Crippen molar-refractivity contribution < 1.29 is 18.0 Å². The Hall–Kier alpha value is -2.37. The van der Waals surface area contributed by atoms with Crippen LogP contribution in [0.15, 0.2) is 17.2 Å². The Labute approximate surface area is 167 Å². The van der Waals surface area contributed by atoms with Crippen LogP contribution >= 0.6 is 11.6 Å². The summed E-state index contributed by atoms with van der Waals surface area (Å²) in [6, 6.07) is 1.26. The van der Waals surface area contributed by atoms with E-state index in [-0.39, 0.29) is 47.8 Å². The normalized spacial score (nSPS) is 15.8. The number of amides is 2. The van der Waals surface area contributed by atoms with Gasteiger partial charge in [-0.3, -0.25) is 14.3 Å². The van der Waals surface area contributed by atoms with Crippen molar-refractivity contribution in [3.63, 3.8) is 0 Å². The number of rotatable bonds is 4. The van der Waals surface area contributed by atoms with E-state index in [4.69, 9.17) is 17.3 Å². The van der Waals surface area contributed by atoms with Crippen LogP contribution in [0.5, 0.6) is 0 Å². The molecule has 10 nitrogen and oxygen atoms in total. The van der Waals surface area contributed by atoms with Gasteiger partial charge in [-0.05, 0) is 13.0 Å². The molecule has 3 rings (SSSR count). The zero-order valence-electron chi connectivity index (χ0n) is 15.7. The van der Waals surface area contributed by atoms with Crippen molar-refractivity contribution in [3.05, 3.63) is 34.4 Å². The van der Waals surface area contributed by atoms with Crippen LogP contribution in [0.1, 0.15) is 26.5 Å². The maximum Gasteiger partial charge on any atom is 0.265 e. The molecule has 1 fully saturated rings. The molecule has 0 aromatic carbocycles. The summed E-state index contributed by atoms with van der Waals surface area (Å²) < 4.78 is 29.8. The number of carbonyl (C=O) groups excluding carboxylic acids is 2. The number of hydrogen-bond donors (Lipinski definition) is 1. The number of piperazine rings is 1. The van der Waals surface area contributed by atoms with E-state index in [0.717, 1.165) is 0 Å². The Morgan fingerprint density at radius 3 is 2.25 bits per heavy atom. The fourth-order valence-electron chi connectivity index (χ4n) is 3.23. The number of carbonyl (C=O) groups is 2. The molecule has 0 saturated carbocycles. The fourth-order valence-corrected chi connectivity index (χ4v) is 4.98. The molecular weight excluding hydrogens is 408 g/mol. The van der Waals surface area contributed by atoms with Crippen LogP contribution in [-0.2, 0) is 24.1 Å². The third-order valence-corrected chi connectivity index (χ3v) is 7.06. The van der Waals surface area contributed by atoms with E-state index in [9.17, 15) is 18.0 Å². The lowest BCUT2D eigenvalue weighted by Gasteiger charge is -2.33. The van der Waals surface area contributed by atoms with Gasteiger partial charge in [-0.25, -0.2) is 8.42 Å². The van der Waals surface area contributed by atoms with Gasteiger partial charge in [0.05, 0.1) is 11.3 Å². The van der Waals surface area contributed by atoms with Gasteiger partial charge in [-0.2, -0.15) is 9.40 Å². The zero-order chi connectivity index (χ0) is 20.8. The highest BCUT2D eigenvalue weighted by Gasteiger charge is 2.33. The van der Waals surface area contributed by atoms with E-state index < -0.39 is 15.9 Å². The highest BCUT2D eigenvalue weighted by Crippen LogP contribution is 2.23. The lowest BCUT2D eigenvalue weighted by molar-refractivity contribution is 0.0697. The van der Waals surface area contributed by atoms with Crippen molar-refractivity contribution in [2.45, 2.75) is 11.8 Å². The minimum absolute atomic E-state index is 0.00488.